The van der Waals surface area contributed by atoms with Crippen LogP contribution in [0, 0.1) is 0 Å². The minimum absolute atomic E-state index is 0.213. The van der Waals surface area contributed by atoms with Crippen molar-refractivity contribution in [3.05, 3.63) is 11.6 Å². The van der Waals surface area contributed by atoms with Crippen molar-refractivity contribution in [3.8, 4) is 0 Å². The van der Waals surface area contributed by atoms with Crippen LogP contribution < -0.4 is 10.6 Å². The van der Waals surface area contributed by atoms with E-state index in [9.17, 15) is 4.79 Å². The smallest absolute Gasteiger partial charge is 0.307 e. The Morgan fingerprint density at radius 2 is 1.81 bits per heavy atom. The zero-order valence-corrected chi connectivity index (χ0v) is 17.2. The molecule has 0 amide bonds. The molecular formula is C18H30N4O2S2. The van der Waals surface area contributed by atoms with Crippen molar-refractivity contribution in [3.63, 3.8) is 0 Å². The Balaban J connectivity index is 1.71. The number of hydrogen-bond acceptors (Lipinski definition) is 4. The van der Waals surface area contributed by atoms with Gasteiger partial charge in [-0.1, -0.05) is 11.6 Å². The molecule has 8 heteroatoms. The van der Waals surface area contributed by atoms with Crippen LogP contribution in [-0.4, -0.2) is 59.0 Å². The first-order valence-corrected chi connectivity index (χ1v) is 10.4. The van der Waals surface area contributed by atoms with Gasteiger partial charge in [0.15, 0.2) is 10.2 Å². The quantitative estimate of drug-likeness (QED) is 0.385. The molecule has 0 aromatic heterocycles. The fourth-order valence-electron chi connectivity index (χ4n) is 3.18. The number of hydrogen-bond donors (Lipinski definition) is 2. The van der Waals surface area contributed by atoms with Gasteiger partial charge in [-0.3, -0.25) is 14.8 Å². The molecule has 26 heavy (non-hydrogen) atoms. The van der Waals surface area contributed by atoms with Crippen molar-refractivity contribution in [1.29, 1.82) is 0 Å². The average molecular weight is 399 g/mol. The maximum atomic E-state index is 11.4. The number of nitrogens with one attached hydrogen (secondary N) is 2. The summed E-state index contributed by atoms with van der Waals surface area (Å²) in [5.74, 6) is -0.213. The molecule has 1 heterocycles. The number of carbonyl (C=O) groups is 1. The van der Waals surface area contributed by atoms with Crippen molar-refractivity contribution < 1.29 is 9.53 Å². The normalized spacial score (nSPS) is 16.9. The molecule has 0 saturated carbocycles. The summed E-state index contributed by atoms with van der Waals surface area (Å²) in [5.41, 5.74) is 1.54. The average Bonchev–Trinajstić information content (AvgIpc) is 3.12. The van der Waals surface area contributed by atoms with Crippen molar-refractivity contribution in [1.82, 2.24) is 20.7 Å². The second kappa shape index (κ2) is 11.3. The summed E-state index contributed by atoms with van der Waals surface area (Å²) in [4.78, 5) is 11.4. The van der Waals surface area contributed by atoms with E-state index in [1.807, 2.05) is 10.0 Å². The first kappa shape index (κ1) is 20.9. The fourth-order valence-corrected chi connectivity index (χ4v) is 3.77. The van der Waals surface area contributed by atoms with Gasteiger partial charge in [0.1, 0.15) is 0 Å². The Hall–Kier alpha value is -1.41. The second-order valence-electron chi connectivity index (χ2n) is 6.48. The lowest BCUT2D eigenvalue weighted by Crippen LogP contribution is -2.52. The zero-order valence-electron chi connectivity index (χ0n) is 15.6. The number of nitrogens with zero attached hydrogens (tertiary/aromatic N) is 2. The Labute approximate surface area is 167 Å². The van der Waals surface area contributed by atoms with Crippen LogP contribution in [0.4, 0.5) is 0 Å². The number of hydrazine groups is 1. The van der Waals surface area contributed by atoms with Gasteiger partial charge in [0.25, 0.3) is 0 Å². The van der Waals surface area contributed by atoms with E-state index < -0.39 is 0 Å². The molecule has 2 rings (SSSR count). The molecule has 0 bridgehead atoms. The molecule has 0 atom stereocenters. The largest absolute Gasteiger partial charge is 0.466 e. The first-order chi connectivity index (χ1) is 12.6. The summed E-state index contributed by atoms with van der Waals surface area (Å²) in [6.45, 7) is 5.22. The molecule has 0 radical (unpaired) electrons. The zero-order chi connectivity index (χ0) is 18.8. The predicted molar refractivity (Wildman–Crippen MR) is 112 cm³/mol. The van der Waals surface area contributed by atoms with Gasteiger partial charge < -0.3 is 15.4 Å². The van der Waals surface area contributed by atoms with E-state index in [0.717, 1.165) is 32.5 Å². The van der Waals surface area contributed by atoms with Crippen LogP contribution in [0.1, 0.15) is 51.9 Å². The number of rotatable bonds is 7. The third-order valence-corrected chi connectivity index (χ3v) is 5.23. The minimum atomic E-state index is -0.213. The van der Waals surface area contributed by atoms with Crippen LogP contribution in [0.25, 0.3) is 0 Å². The van der Waals surface area contributed by atoms with Gasteiger partial charge in [-0.05, 0) is 69.9 Å². The van der Waals surface area contributed by atoms with Crippen LogP contribution >= 0.6 is 24.4 Å². The molecule has 0 aromatic rings. The Morgan fingerprint density at radius 1 is 1.12 bits per heavy atom. The van der Waals surface area contributed by atoms with Crippen LogP contribution in [0.3, 0.4) is 0 Å². The Bertz CT molecular complexity index is 539. The number of allylic oxidation sites excluding steroid dienone is 1. The first-order valence-electron chi connectivity index (χ1n) is 9.56. The van der Waals surface area contributed by atoms with Gasteiger partial charge in [-0.15, -0.1) is 0 Å². The van der Waals surface area contributed by atoms with E-state index in [1.54, 1.807) is 12.5 Å². The number of carbonyl (C=O) groups excluding carboxylic acids is 1. The number of ether oxygens (including phenoxy) is 1. The van der Waals surface area contributed by atoms with E-state index >= 15 is 0 Å². The summed E-state index contributed by atoms with van der Waals surface area (Å²) >= 11 is 11.0. The molecule has 2 aliphatic rings. The van der Waals surface area contributed by atoms with Crippen LogP contribution in [-0.2, 0) is 9.53 Å². The van der Waals surface area contributed by atoms with Crippen LogP contribution in [0.15, 0.2) is 11.6 Å². The van der Waals surface area contributed by atoms with Gasteiger partial charge >= 0.3 is 5.97 Å². The monoisotopic (exact) mass is 398 g/mol. The predicted octanol–water partition coefficient (Wildman–Crippen LogP) is 2.50. The second-order valence-corrected chi connectivity index (χ2v) is 7.25. The van der Waals surface area contributed by atoms with E-state index in [0.29, 0.717) is 29.8 Å². The summed E-state index contributed by atoms with van der Waals surface area (Å²) < 4.78 is 4.92. The summed E-state index contributed by atoms with van der Waals surface area (Å²) in [5, 5.41) is 11.8. The van der Waals surface area contributed by atoms with Crippen LogP contribution in [0.5, 0.6) is 0 Å². The molecule has 2 N–H and O–H groups in total. The summed E-state index contributed by atoms with van der Waals surface area (Å²) in [6.07, 6.45) is 9.80. The lowest BCUT2D eigenvalue weighted by atomic mass is 9.97. The lowest BCUT2D eigenvalue weighted by Gasteiger charge is -2.32. The highest BCUT2D eigenvalue weighted by Crippen LogP contribution is 2.19. The summed E-state index contributed by atoms with van der Waals surface area (Å²) in [6, 6.07) is 0. The van der Waals surface area contributed by atoms with Gasteiger partial charge in [0.05, 0.1) is 13.0 Å². The van der Waals surface area contributed by atoms with Crippen molar-refractivity contribution >= 4 is 40.6 Å². The Kier molecular flexibility index (Phi) is 9.11. The molecule has 0 aromatic carbocycles. The Morgan fingerprint density at radius 3 is 2.42 bits per heavy atom. The standard InChI is InChI=1S/C18H30N4O2S2/c1-2-24-16(23)10-12-20-18(26)22-14-6-13-21(22)17(25)19-11-9-15-7-4-3-5-8-15/h7H,2-6,8-14H2,1H3,(H,19,25)(H,20,26). The molecule has 1 aliphatic carbocycles. The molecule has 6 nitrogen and oxygen atoms in total. The molecule has 0 unspecified atom stereocenters. The molecule has 1 aliphatic heterocycles. The van der Waals surface area contributed by atoms with Crippen molar-refractivity contribution in [2.75, 3.05) is 32.8 Å². The van der Waals surface area contributed by atoms with Gasteiger partial charge in [0, 0.05) is 26.2 Å². The minimum Gasteiger partial charge on any atom is -0.466 e. The van der Waals surface area contributed by atoms with E-state index in [4.69, 9.17) is 29.2 Å². The molecule has 0 spiro atoms. The molecule has 146 valence electrons. The maximum Gasteiger partial charge on any atom is 0.307 e. The van der Waals surface area contributed by atoms with E-state index in [-0.39, 0.29) is 5.97 Å². The van der Waals surface area contributed by atoms with Crippen molar-refractivity contribution in [2.45, 2.75) is 51.9 Å². The highest BCUT2D eigenvalue weighted by molar-refractivity contribution is 7.80. The third kappa shape index (κ3) is 6.72. The highest BCUT2D eigenvalue weighted by atomic mass is 32.1. The number of thiocarbonyl (C=S) groups is 2. The molecule has 1 saturated heterocycles. The highest BCUT2D eigenvalue weighted by Gasteiger charge is 2.26. The number of esters is 1. The van der Waals surface area contributed by atoms with Gasteiger partial charge in [-0.2, -0.15) is 0 Å². The fraction of sp³-hybridized carbons (Fsp3) is 0.722. The van der Waals surface area contributed by atoms with E-state index in [2.05, 4.69) is 16.7 Å². The van der Waals surface area contributed by atoms with Gasteiger partial charge in [-0.25, -0.2) is 0 Å². The topological polar surface area (TPSA) is 56.8 Å². The molecular weight excluding hydrogens is 368 g/mol. The van der Waals surface area contributed by atoms with Crippen LogP contribution in [0.2, 0.25) is 0 Å². The lowest BCUT2D eigenvalue weighted by molar-refractivity contribution is -0.142. The maximum absolute atomic E-state index is 11.4. The van der Waals surface area contributed by atoms with Gasteiger partial charge in [0.2, 0.25) is 0 Å². The molecule has 1 fully saturated rings. The summed E-state index contributed by atoms with van der Waals surface area (Å²) in [7, 11) is 0. The van der Waals surface area contributed by atoms with E-state index in [1.165, 1.54) is 25.7 Å². The SMILES string of the molecule is CCOC(=O)CCNC(=S)N1CCCN1C(=S)NCCC1=CCCCC1. The van der Waals surface area contributed by atoms with Crippen molar-refractivity contribution in [2.24, 2.45) is 0 Å². The third-order valence-electron chi connectivity index (χ3n) is 4.52.